The Balaban J connectivity index is 1.66. The van der Waals surface area contributed by atoms with E-state index in [1.807, 2.05) is 12.1 Å². The second-order valence-electron chi connectivity index (χ2n) is 8.56. The van der Waals surface area contributed by atoms with Gasteiger partial charge in [-0.25, -0.2) is 4.98 Å². The first-order valence-corrected chi connectivity index (χ1v) is 14.5. The van der Waals surface area contributed by atoms with Crippen molar-refractivity contribution in [2.24, 2.45) is 5.10 Å². The fourth-order valence-corrected chi connectivity index (χ4v) is 5.25. The first-order chi connectivity index (χ1) is 18.3. The zero-order chi connectivity index (χ0) is 27.2. The molecule has 0 saturated carbocycles. The molecule has 1 saturated heterocycles. The molecule has 1 aromatic heterocycles. The van der Waals surface area contributed by atoms with Crippen LogP contribution in [0.15, 0.2) is 47.6 Å². The Labute approximate surface area is 245 Å². The lowest BCUT2D eigenvalue weighted by atomic mass is 10.2. The zero-order valence-corrected chi connectivity index (χ0v) is 25.8. The van der Waals surface area contributed by atoms with E-state index in [1.165, 1.54) is 11.8 Å². The summed E-state index contributed by atoms with van der Waals surface area (Å²) < 4.78 is 20.1. The van der Waals surface area contributed by atoms with Crippen LogP contribution in [-0.2, 0) is 16.0 Å². The lowest BCUT2D eigenvalue weighted by Gasteiger charge is -2.27. The summed E-state index contributed by atoms with van der Waals surface area (Å²) in [4.78, 5) is 32.4. The summed E-state index contributed by atoms with van der Waals surface area (Å²) in [6.07, 6.45) is 4.03. The molecule has 0 atom stereocenters. The van der Waals surface area contributed by atoms with Crippen molar-refractivity contribution >= 4 is 70.8 Å². The number of unbranched alkanes of at least 4 members (excludes halogenated alkanes) is 1. The van der Waals surface area contributed by atoms with Gasteiger partial charge in [-0.05, 0) is 62.5 Å². The van der Waals surface area contributed by atoms with E-state index in [2.05, 4.69) is 59.8 Å². The number of halogens is 3. The van der Waals surface area contributed by atoms with E-state index in [9.17, 15) is 9.59 Å². The Kier molecular flexibility index (Phi) is 9.97. The van der Waals surface area contributed by atoms with Gasteiger partial charge in [-0.3, -0.25) is 9.59 Å². The third kappa shape index (κ3) is 6.47. The minimum Gasteiger partial charge on any atom is -0.493 e. The number of carbonyl (C=O) groups is 1. The lowest BCUT2D eigenvalue weighted by molar-refractivity contribution is -0.137. The minimum atomic E-state index is -0.248. The predicted molar refractivity (Wildman–Crippen MR) is 157 cm³/mol. The highest BCUT2D eigenvalue weighted by Gasteiger charge is 2.21. The number of methoxy groups -OCH3 is 1. The number of ether oxygens (including phenoxy) is 3. The highest BCUT2D eigenvalue weighted by atomic mass is 79.9. The quantitative estimate of drug-likeness (QED) is 0.285. The van der Waals surface area contributed by atoms with Crippen LogP contribution in [0.4, 0.5) is 0 Å². The third-order valence-corrected chi connectivity index (χ3v) is 8.66. The van der Waals surface area contributed by atoms with Gasteiger partial charge in [0.25, 0.3) is 11.5 Å². The van der Waals surface area contributed by atoms with Crippen molar-refractivity contribution in [2.45, 2.75) is 26.2 Å². The molecular weight excluding hydrogens is 688 g/mol. The summed E-state index contributed by atoms with van der Waals surface area (Å²) in [6.45, 7) is 4.07. The average molecular weight is 715 g/mol. The molecular formula is C26H27Br3N4O5. The van der Waals surface area contributed by atoms with Gasteiger partial charge in [0.1, 0.15) is 5.82 Å². The average Bonchev–Trinajstić information content (AvgIpc) is 2.93. The Bertz CT molecular complexity index is 1420. The summed E-state index contributed by atoms with van der Waals surface area (Å²) >= 11 is 10.6. The van der Waals surface area contributed by atoms with Crippen LogP contribution >= 0.6 is 47.8 Å². The molecule has 0 radical (unpaired) electrons. The molecule has 1 aliphatic rings. The smallest absolute Gasteiger partial charge is 0.282 e. The molecule has 9 nitrogen and oxygen atoms in total. The predicted octanol–water partition coefficient (Wildman–Crippen LogP) is 5.16. The van der Waals surface area contributed by atoms with E-state index in [0.717, 1.165) is 17.3 Å². The van der Waals surface area contributed by atoms with Crippen LogP contribution in [-0.4, -0.2) is 66.7 Å². The molecule has 0 unspecified atom stereocenters. The number of morpholine rings is 1. The summed E-state index contributed by atoms with van der Waals surface area (Å²) in [7, 11) is 1.52. The Morgan fingerprint density at radius 2 is 1.95 bits per heavy atom. The van der Waals surface area contributed by atoms with Crippen LogP contribution < -0.4 is 15.0 Å². The number of hydrogen-bond donors (Lipinski definition) is 0. The Hall–Kier alpha value is -2.28. The molecule has 202 valence electrons. The SMILES string of the molecule is CCCCc1nc2ccc(Br)cc2c(=O)n1N=Cc1cc(OC)c(OCC(=O)N2CCOCC2)c(Br)c1Br. The topological polar surface area (TPSA) is 95.2 Å². The van der Waals surface area contributed by atoms with Crippen LogP contribution in [0.5, 0.6) is 11.5 Å². The van der Waals surface area contributed by atoms with Gasteiger partial charge >= 0.3 is 0 Å². The molecule has 38 heavy (non-hydrogen) atoms. The van der Waals surface area contributed by atoms with Crippen molar-refractivity contribution < 1.29 is 19.0 Å². The maximum absolute atomic E-state index is 13.4. The van der Waals surface area contributed by atoms with Crippen molar-refractivity contribution in [2.75, 3.05) is 40.0 Å². The summed E-state index contributed by atoms with van der Waals surface area (Å²) in [5.41, 5.74) is 1.03. The van der Waals surface area contributed by atoms with E-state index in [1.54, 1.807) is 23.2 Å². The van der Waals surface area contributed by atoms with Gasteiger partial charge in [0, 0.05) is 34.0 Å². The van der Waals surface area contributed by atoms with Gasteiger partial charge < -0.3 is 19.1 Å². The first-order valence-electron chi connectivity index (χ1n) is 12.1. The molecule has 0 spiro atoms. The summed E-state index contributed by atoms with van der Waals surface area (Å²) in [5, 5.41) is 5.01. The van der Waals surface area contributed by atoms with Crippen LogP contribution in [0.2, 0.25) is 0 Å². The van der Waals surface area contributed by atoms with Gasteiger partial charge in [0.15, 0.2) is 18.1 Å². The summed E-state index contributed by atoms with van der Waals surface area (Å²) in [5.74, 6) is 1.26. The highest BCUT2D eigenvalue weighted by molar-refractivity contribution is 9.13. The standard InChI is InChI=1S/C26H27Br3N4O5/c1-3-4-5-21-31-19-7-6-17(27)13-18(19)26(35)33(21)30-14-16-12-20(36-2)25(24(29)23(16)28)38-15-22(34)32-8-10-37-11-9-32/h6-7,12-14H,3-5,8-11,15H2,1-2H3. The van der Waals surface area contributed by atoms with E-state index >= 15 is 0 Å². The largest absolute Gasteiger partial charge is 0.493 e. The van der Waals surface area contributed by atoms with E-state index in [4.69, 9.17) is 19.2 Å². The number of fused-ring (bicyclic) bond motifs is 1. The number of nitrogens with zero attached hydrogens (tertiary/aromatic N) is 4. The van der Waals surface area contributed by atoms with Gasteiger partial charge in [0.05, 0.1) is 41.9 Å². The normalized spacial score (nSPS) is 13.9. The van der Waals surface area contributed by atoms with Gasteiger partial charge in [-0.1, -0.05) is 29.3 Å². The molecule has 3 aromatic rings. The zero-order valence-electron chi connectivity index (χ0n) is 21.0. The van der Waals surface area contributed by atoms with Crippen LogP contribution in [0.1, 0.15) is 31.2 Å². The number of benzene rings is 2. The van der Waals surface area contributed by atoms with Crippen molar-refractivity contribution in [3.63, 3.8) is 0 Å². The van der Waals surface area contributed by atoms with Crippen LogP contribution in [0.3, 0.4) is 0 Å². The number of aryl methyl sites for hydroxylation is 1. The number of hydrogen-bond acceptors (Lipinski definition) is 7. The minimum absolute atomic E-state index is 0.126. The monoisotopic (exact) mass is 712 g/mol. The molecule has 2 heterocycles. The van der Waals surface area contributed by atoms with E-state index in [-0.39, 0.29) is 18.1 Å². The first kappa shape index (κ1) is 28.7. The maximum atomic E-state index is 13.4. The number of aromatic nitrogens is 2. The number of carbonyl (C=O) groups excluding carboxylic acids is 1. The molecule has 1 aliphatic heterocycles. The molecule has 1 fully saturated rings. The van der Waals surface area contributed by atoms with E-state index < -0.39 is 0 Å². The second-order valence-corrected chi connectivity index (χ2v) is 11.1. The molecule has 0 bridgehead atoms. The van der Waals surface area contributed by atoms with Crippen molar-refractivity contribution in [3.05, 3.63) is 59.4 Å². The van der Waals surface area contributed by atoms with Gasteiger partial charge in [0.2, 0.25) is 0 Å². The van der Waals surface area contributed by atoms with Crippen LogP contribution in [0, 0.1) is 0 Å². The fraction of sp³-hybridized carbons (Fsp3) is 0.385. The van der Waals surface area contributed by atoms with E-state index in [0.29, 0.717) is 75.5 Å². The number of amides is 1. The molecule has 12 heteroatoms. The second kappa shape index (κ2) is 13.2. The molecule has 0 aliphatic carbocycles. The van der Waals surface area contributed by atoms with Crippen molar-refractivity contribution in [1.82, 2.24) is 14.6 Å². The number of rotatable bonds is 9. The van der Waals surface area contributed by atoms with Crippen molar-refractivity contribution in [3.8, 4) is 11.5 Å². The highest BCUT2D eigenvalue weighted by Crippen LogP contribution is 2.42. The lowest BCUT2D eigenvalue weighted by Crippen LogP contribution is -2.43. The fourth-order valence-electron chi connectivity index (χ4n) is 3.95. The van der Waals surface area contributed by atoms with Gasteiger partial charge in [-0.2, -0.15) is 9.78 Å². The molecule has 2 aromatic carbocycles. The third-order valence-electron chi connectivity index (χ3n) is 6.02. The Morgan fingerprint density at radius 3 is 2.66 bits per heavy atom. The van der Waals surface area contributed by atoms with Crippen LogP contribution in [0.25, 0.3) is 10.9 Å². The summed E-state index contributed by atoms with van der Waals surface area (Å²) in [6, 6.07) is 7.17. The Morgan fingerprint density at radius 1 is 1.18 bits per heavy atom. The molecule has 0 N–H and O–H groups in total. The van der Waals surface area contributed by atoms with Gasteiger partial charge in [-0.15, -0.1) is 0 Å². The van der Waals surface area contributed by atoms with Crippen molar-refractivity contribution in [1.29, 1.82) is 0 Å². The molecule has 1 amide bonds. The molecule has 4 rings (SSSR count). The maximum Gasteiger partial charge on any atom is 0.282 e.